The second-order valence-electron chi connectivity index (χ2n) is 0.977. The van der Waals surface area contributed by atoms with Crippen molar-refractivity contribution in [2.75, 3.05) is 0 Å². The molecule has 8 heavy (non-hydrogen) atoms. The van der Waals surface area contributed by atoms with Crippen molar-refractivity contribution in [3.05, 3.63) is 21.5 Å². The van der Waals surface area contributed by atoms with Gasteiger partial charge in [-0.05, 0) is 0 Å². The normalized spacial score (nSPS) is 9.38. The average molecular weight is 265 g/mol. The molecule has 0 N–H and O–H groups in total. The summed E-state index contributed by atoms with van der Waals surface area (Å²) in [5.41, 5.74) is 0. The van der Waals surface area contributed by atoms with E-state index in [1.807, 2.05) is 6.92 Å². The zero-order valence-corrected chi connectivity index (χ0v) is 11.2. The van der Waals surface area contributed by atoms with Gasteiger partial charge in [0.25, 0.3) is 0 Å². The van der Waals surface area contributed by atoms with Gasteiger partial charge in [-0.1, -0.05) is 6.92 Å². The molecule has 0 heterocycles. The molecule has 0 bridgehead atoms. The minimum atomic E-state index is 0. The Morgan fingerprint density at radius 3 is 1.62 bits per heavy atom. The number of hydrogen-bond donors (Lipinski definition) is 0. The monoisotopic (exact) mass is 265 g/mol. The summed E-state index contributed by atoms with van der Waals surface area (Å²) in [4.78, 5) is 0. The standard InChI is InChI=1S/C4H8O.CH3.2Y/c1-4(2)5-3;;;/h4H,1,3H2,2H3;1H3;;/q-2;-1;;+3/t4-;;;/m1.../s1. The van der Waals surface area contributed by atoms with E-state index in [4.69, 9.17) is 0 Å². The fraction of sp³-hybridized carbons (Fsp3) is 0.400. The molecule has 1 nitrogen and oxygen atoms in total. The van der Waals surface area contributed by atoms with E-state index in [0.29, 0.717) is 0 Å². The Hall–Kier alpha value is 2.17. The molecule has 0 aromatic heterocycles. The third-order valence-corrected chi connectivity index (χ3v) is 0.285. The van der Waals surface area contributed by atoms with Crippen LogP contribution in [-0.2, 0) is 70.2 Å². The van der Waals surface area contributed by atoms with Crippen molar-refractivity contribution in [2.24, 2.45) is 0 Å². The Morgan fingerprint density at radius 2 is 1.62 bits per heavy atom. The van der Waals surface area contributed by atoms with Crippen LogP contribution in [0.3, 0.4) is 0 Å². The minimum Gasteiger partial charge on any atom is -0.578 e. The summed E-state index contributed by atoms with van der Waals surface area (Å²) < 4.78 is 4.39. The molecule has 3 heteroatoms. The molecule has 43 valence electrons. The van der Waals surface area contributed by atoms with Gasteiger partial charge in [0.15, 0.2) is 0 Å². The van der Waals surface area contributed by atoms with Gasteiger partial charge in [0.05, 0.1) is 0 Å². The summed E-state index contributed by atoms with van der Waals surface area (Å²) in [6, 6.07) is 0. The smallest absolute Gasteiger partial charge is 0.578 e. The molecule has 0 aliphatic carbocycles. The molecule has 0 fully saturated rings. The molecule has 0 saturated carbocycles. The fourth-order valence-electron chi connectivity index (χ4n) is 0. The van der Waals surface area contributed by atoms with Crippen molar-refractivity contribution < 1.29 is 70.2 Å². The maximum atomic E-state index is 4.39. The van der Waals surface area contributed by atoms with Gasteiger partial charge in [0.2, 0.25) is 0 Å². The van der Waals surface area contributed by atoms with Gasteiger partial charge in [-0.2, -0.15) is 0 Å². The first-order valence-corrected chi connectivity index (χ1v) is 1.51. The van der Waals surface area contributed by atoms with Crippen LogP contribution in [0.4, 0.5) is 0 Å². The number of ether oxygens (including phenoxy) is 1. The van der Waals surface area contributed by atoms with Crippen LogP contribution in [0.25, 0.3) is 0 Å². The van der Waals surface area contributed by atoms with Gasteiger partial charge in [0.1, 0.15) is 0 Å². The van der Waals surface area contributed by atoms with Gasteiger partial charge in [0, 0.05) is 32.7 Å². The topological polar surface area (TPSA) is 9.23 Å². The van der Waals surface area contributed by atoms with Crippen LogP contribution in [0.1, 0.15) is 6.92 Å². The quantitative estimate of drug-likeness (QED) is 0.652. The van der Waals surface area contributed by atoms with Crippen LogP contribution in [0, 0.1) is 21.5 Å². The van der Waals surface area contributed by atoms with Crippen LogP contribution in [0.5, 0.6) is 0 Å². The van der Waals surface area contributed by atoms with E-state index in [2.05, 4.69) is 18.8 Å². The molecule has 0 aliphatic rings. The number of rotatable bonds is 1. The molecule has 0 aliphatic heterocycles. The van der Waals surface area contributed by atoms with E-state index in [0.717, 1.165) is 0 Å². The Kier molecular flexibility index (Phi) is 45.1. The molecular formula is C5H11OY2. The zero-order chi connectivity index (χ0) is 4.28. The van der Waals surface area contributed by atoms with E-state index in [9.17, 15) is 0 Å². The molecular weight excluding hydrogens is 254 g/mol. The van der Waals surface area contributed by atoms with Crippen LogP contribution >= 0.6 is 0 Å². The summed E-state index contributed by atoms with van der Waals surface area (Å²) in [6.45, 7) is 5.30. The Morgan fingerprint density at radius 1 is 1.50 bits per heavy atom. The van der Waals surface area contributed by atoms with Crippen molar-refractivity contribution in [2.45, 2.75) is 13.0 Å². The molecule has 0 amide bonds. The van der Waals surface area contributed by atoms with Gasteiger partial charge in [-0.15, -0.1) is 6.10 Å². The Balaban J connectivity index is -0.0000000267. The summed E-state index contributed by atoms with van der Waals surface area (Å²) >= 11 is 0. The van der Waals surface area contributed by atoms with Crippen molar-refractivity contribution in [1.29, 1.82) is 0 Å². The van der Waals surface area contributed by atoms with E-state index < -0.39 is 0 Å². The molecule has 1 radical (unpaired) electrons. The molecule has 0 spiro atoms. The Bertz CT molecular complexity index is 24.4. The summed E-state index contributed by atoms with van der Waals surface area (Å²) in [7, 11) is 3.12. The largest absolute Gasteiger partial charge is 3.00 e. The van der Waals surface area contributed by atoms with Crippen molar-refractivity contribution in [3.8, 4) is 0 Å². The van der Waals surface area contributed by atoms with Crippen molar-refractivity contribution >= 4 is 0 Å². The van der Waals surface area contributed by atoms with Gasteiger partial charge in [-0.3, -0.25) is 0 Å². The second-order valence-corrected chi connectivity index (χ2v) is 0.977. The molecule has 0 aromatic rings. The molecule has 0 saturated heterocycles. The fourth-order valence-corrected chi connectivity index (χ4v) is 0. The first-order chi connectivity index (χ1) is 2.27. The SMILES string of the molecule is [CH2-]O[C@H]([CH2-])C.[CH3-].[Y+3].[Y]. The van der Waals surface area contributed by atoms with E-state index in [1.165, 1.54) is 0 Å². The predicted octanol–water partition coefficient (Wildman–Crippen LogP) is 1.46. The molecule has 1 atom stereocenters. The van der Waals surface area contributed by atoms with E-state index in [1.54, 1.807) is 0 Å². The number of hydrogen-bond acceptors (Lipinski definition) is 1. The predicted molar refractivity (Wildman–Crippen MR) is 27.7 cm³/mol. The molecule has 0 rings (SSSR count). The first kappa shape index (κ1) is 22.5. The van der Waals surface area contributed by atoms with Crippen molar-refractivity contribution in [1.82, 2.24) is 0 Å². The van der Waals surface area contributed by atoms with Crippen LogP contribution in [-0.4, -0.2) is 6.10 Å². The second kappa shape index (κ2) is 16.1. The molecule has 0 unspecified atom stereocenters. The minimum absolute atomic E-state index is 0. The van der Waals surface area contributed by atoms with E-state index in [-0.39, 0.29) is 78.9 Å². The zero-order valence-electron chi connectivity index (χ0n) is 5.55. The third kappa shape index (κ3) is 24.2. The van der Waals surface area contributed by atoms with Crippen LogP contribution in [0.15, 0.2) is 0 Å². The maximum Gasteiger partial charge on any atom is 3.00 e. The maximum absolute atomic E-state index is 4.39. The Labute approximate surface area is 103 Å². The summed E-state index contributed by atoms with van der Waals surface area (Å²) in [5.74, 6) is 0. The third-order valence-electron chi connectivity index (χ3n) is 0.285. The van der Waals surface area contributed by atoms with Crippen molar-refractivity contribution in [3.63, 3.8) is 0 Å². The molecule has 0 aromatic carbocycles. The van der Waals surface area contributed by atoms with Crippen LogP contribution in [0.2, 0.25) is 0 Å². The van der Waals surface area contributed by atoms with Gasteiger partial charge >= 0.3 is 32.7 Å². The van der Waals surface area contributed by atoms with Crippen LogP contribution < -0.4 is 0 Å². The van der Waals surface area contributed by atoms with Gasteiger partial charge < -0.3 is 19.1 Å². The first-order valence-electron chi connectivity index (χ1n) is 1.51. The van der Waals surface area contributed by atoms with E-state index >= 15 is 0 Å². The average Bonchev–Trinajstić information content (AvgIpc) is 1.38. The summed E-state index contributed by atoms with van der Waals surface area (Å²) in [6.07, 6.45) is 0.0231. The summed E-state index contributed by atoms with van der Waals surface area (Å²) in [5, 5.41) is 0. The van der Waals surface area contributed by atoms with Gasteiger partial charge in [-0.25, -0.2) is 7.11 Å².